The van der Waals surface area contributed by atoms with Gasteiger partial charge in [0.15, 0.2) is 9.84 Å². The first-order valence-electron chi connectivity index (χ1n) is 5.12. The Bertz CT molecular complexity index is 634. The van der Waals surface area contributed by atoms with Gasteiger partial charge < -0.3 is 4.98 Å². The van der Waals surface area contributed by atoms with Gasteiger partial charge in [-0.1, -0.05) is 12.1 Å². The second-order valence-electron chi connectivity index (χ2n) is 3.70. The molecule has 0 aliphatic heterocycles. The van der Waals surface area contributed by atoms with Crippen LogP contribution >= 0.6 is 0 Å². The number of nitrogens with one attached hydrogen (secondary N) is 1. The first kappa shape index (κ1) is 11.6. The Morgan fingerprint density at radius 2 is 2.12 bits per heavy atom. The van der Waals surface area contributed by atoms with Crippen LogP contribution in [0.25, 0.3) is 11.0 Å². The van der Waals surface area contributed by atoms with Gasteiger partial charge in [-0.3, -0.25) is 0 Å². The van der Waals surface area contributed by atoms with Gasteiger partial charge in [0.2, 0.25) is 0 Å². The number of imidazole rings is 1. The fourth-order valence-electron chi connectivity index (χ4n) is 1.56. The second-order valence-corrected chi connectivity index (χ2v) is 5.88. The van der Waals surface area contributed by atoms with Crippen molar-refractivity contribution < 1.29 is 8.42 Å². The van der Waals surface area contributed by atoms with Crippen molar-refractivity contribution in [2.24, 2.45) is 0 Å². The van der Waals surface area contributed by atoms with E-state index in [-0.39, 0.29) is 17.9 Å². The number of aromatic nitrogens is 2. The van der Waals surface area contributed by atoms with Crippen molar-refractivity contribution in [2.45, 2.75) is 12.2 Å². The van der Waals surface area contributed by atoms with Crippen LogP contribution in [0.3, 0.4) is 0 Å². The van der Waals surface area contributed by atoms with Crippen LogP contribution in [0.2, 0.25) is 0 Å². The molecule has 0 unspecified atom stereocenters. The van der Waals surface area contributed by atoms with Crippen LogP contribution in [0.15, 0.2) is 24.3 Å². The summed E-state index contributed by atoms with van der Waals surface area (Å²) in [6, 6.07) is 9.18. The number of hydrogen-bond acceptors (Lipinski definition) is 4. The largest absolute Gasteiger partial charge is 0.341 e. The van der Waals surface area contributed by atoms with E-state index in [0.29, 0.717) is 5.82 Å². The minimum atomic E-state index is -3.26. The molecule has 6 heteroatoms. The fourth-order valence-corrected chi connectivity index (χ4v) is 2.66. The molecule has 0 bridgehead atoms. The van der Waals surface area contributed by atoms with E-state index >= 15 is 0 Å². The van der Waals surface area contributed by atoms with E-state index in [4.69, 9.17) is 5.26 Å². The van der Waals surface area contributed by atoms with E-state index in [1.165, 1.54) is 0 Å². The van der Waals surface area contributed by atoms with Crippen molar-refractivity contribution in [2.75, 3.05) is 5.75 Å². The topological polar surface area (TPSA) is 86.6 Å². The molecular weight excluding hydrogens is 238 g/mol. The molecule has 1 N–H and O–H groups in total. The normalized spacial score (nSPS) is 11.5. The molecule has 2 rings (SSSR count). The monoisotopic (exact) mass is 249 g/mol. The van der Waals surface area contributed by atoms with Gasteiger partial charge in [0.05, 0.1) is 22.9 Å². The molecule has 0 atom stereocenters. The Kier molecular flexibility index (Phi) is 3.11. The molecule has 5 nitrogen and oxygen atoms in total. The predicted molar refractivity (Wildman–Crippen MR) is 63.8 cm³/mol. The molecule has 88 valence electrons. The number of para-hydroxylation sites is 2. The number of hydrogen-bond donors (Lipinski definition) is 1. The number of fused-ring (bicyclic) bond motifs is 1. The van der Waals surface area contributed by atoms with Crippen molar-refractivity contribution in [3.05, 3.63) is 30.1 Å². The smallest absolute Gasteiger partial charge is 0.158 e. The lowest BCUT2D eigenvalue weighted by molar-refractivity contribution is 0.594. The lowest BCUT2D eigenvalue weighted by Gasteiger charge is -1.97. The van der Waals surface area contributed by atoms with Crippen LogP contribution in [0.1, 0.15) is 12.2 Å². The summed E-state index contributed by atoms with van der Waals surface area (Å²) in [6.07, 6.45) is 0.0164. The van der Waals surface area contributed by atoms with Crippen molar-refractivity contribution in [1.29, 1.82) is 5.26 Å². The molecule has 0 aliphatic rings. The van der Waals surface area contributed by atoms with Gasteiger partial charge in [-0.2, -0.15) is 5.26 Å². The zero-order chi connectivity index (χ0) is 12.3. The SMILES string of the molecule is N#CCCS(=O)(=O)Cc1nc2ccccc2[nH]1. The van der Waals surface area contributed by atoms with Crippen molar-refractivity contribution >= 4 is 20.9 Å². The first-order valence-corrected chi connectivity index (χ1v) is 6.94. The highest BCUT2D eigenvalue weighted by Gasteiger charge is 2.14. The number of nitrogens with zero attached hydrogens (tertiary/aromatic N) is 2. The summed E-state index contributed by atoms with van der Waals surface area (Å²) in [5.74, 6) is 0.147. The molecule has 0 saturated heterocycles. The van der Waals surface area contributed by atoms with Crippen LogP contribution in [0.5, 0.6) is 0 Å². The van der Waals surface area contributed by atoms with E-state index in [1.807, 2.05) is 30.3 Å². The summed E-state index contributed by atoms with van der Waals surface area (Å²) >= 11 is 0. The average molecular weight is 249 g/mol. The van der Waals surface area contributed by atoms with Crippen molar-refractivity contribution in [3.8, 4) is 6.07 Å². The van der Waals surface area contributed by atoms with E-state index in [1.54, 1.807) is 0 Å². The highest BCUT2D eigenvalue weighted by Crippen LogP contribution is 2.12. The van der Waals surface area contributed by atoms with Gasteiger partial charge in [-0.15, -0.1) is 0 Å². The number of aromatic amines is 1. The Labute approximate surface area is 99.0 Å². The standard InChI is InChI=1S/C11H11N3O2S/c12-6-3-7-17(15,16)8-11-13-9-4-1-2-5-10(9)14-11/h1-2,4-5H,3,7-8H2,(H,13,14). The second kappa shape index (κ2) is 4.55. The number of nitriles is 1. The third-order valence-electron chi connectivity index (χ3n) is 2.32. The molecule has 0 radical (unpaired) electrons. The third kappa shape index (κ3) is 2.82. The van der Waals surface area contributed by atoms with Crippen LogP contribution in [0, 0.1) is 11.3 Å². The number of sulfone groups is 1. The van der Waals surface area contributed by atoms with E-state index in [9.17, 15) is 8.42 Å². The van der Waals surface area contributed by atoms with E-state index in [0.717, 1.165) is 11.0 Å². The number of H-pyrrole nitrogens is 1. The van der Waals surface area contributed by atoms with E-state index in [2.05, 4.69) is 9.97 Å². The number of rotatable bonds is 4. The summed E-state index contributed by atoms with van der Waals surface area (Å²) in [5.41, 5.74) is 1.57. The summed E-state index contributed by atoms with van der Waals surface area (Å²) in [7, 11) is -3.26. The quantitative estimate of drug-likeness (QED) is 0.887. The maximum atomic E-state index is 11.6. The van der Waals surface area contributed by atoms with Crippen LogP contribution < -0.4 is 0 Å². The summed E-state index contributed by atoms with van der Waals surface area (Å²) in [6.45, 7) is 0. The van der Waals surface area contributed by atoms with Gasteiger partial charge >= 0.3 is 0 Å². The minimum absolute atomic E-state index is 0.0164. The molecule has 1 heterocycles. The number of benzene rings is 1. The van der Waals surface area contributed by atoms with Gasteiger partial charge in [0.1, 0.15) is 11.6 Å². The van der Waals surface area contributed by atoms with Crippen LogP contribution in [-0.4, -0.2) is 24.1 Å². The Morgan fingerprint density at radius 1 is 1.35 bits per heavy atom. The van der Waals surface area contributed by atoms with Gasteiger partial charge in [0, 0.05) is 6.42 Å². The molecule has 1 aromatic heterocycles. The summed E-state index contributed by atoms with van der Waals surface area (Å²) in [4.78, 5) is 7.14. The molecule has 0 amide bonds. The summed E-state index contributed by atoms with van der Waals surface area (Å²) < 4.78 is 23.2. The van der Waals surface area contributed by atoms with Gasteiger partial charge in [-0.05, 0) is 12.1 Å². The fraction of sp³-hybridized carbons (Fsp3) is 0.273. The van der Waals surface area contributed by atoms with Crippen LogP contribution in [0.4, 0.5) is 0 Å². The molecule has 2 aromatic rings. The Morgan fingerprint density at radius 3 is 2.82 bits per heavy atom. The van der Waals surface area contributed by atoms with Crippen molar-refractivity contribution in [3.63, 3.8) is 0 Å². The predicted octanol–water partition coefficient (Wildman–Crippen LogP) is 1.39. The van der Waals surface area contributed by atoms with Crippen molar-refractivity contribution in [1.82, 2.24) is 9.97 Å². The molecular formula is C11H11N3O2S. The zero-order valence-corrected chi connectivity index (χ0v) is 9.87. The van der Waals surface area contributed by atoms with Crippen LogP contribution in [-0.2, 0) is 15.6 Å². The van der Waals surface area contributed by atoms with Gasteiger partial charge in [0.25, 0.3) is 0 Å². The molecule has 0 spiro atoms. The lowest BCUT2D eigenvalue weighted by atomic mass is 10.3. The average Bonchev–Trinajstić information content (AvgIpc) is 2.67. The highest BCUT2D eigenvalue weighted by atomic mass is 32.2. The molecule has 0 saturated carbocycles. The first-order chi connectivity index (χ1) is 8.11. The molecule has 0 aliphatic carbocycles. The lowest BCUT2D eigenvalue weighted by Crippen LogP contribution is -2.09. The Balaban J connectivity index is 2.22. The van der Waals surface area contributed by atoms with Gasteiger partial charge in [-0.25, -0.2) is 13.4 Å². The Hall–Kier alpha value is -1.87. The highest BCUT2D eigenvalue weighted by molar-refractivity contribution is 7.90. The molecule has 0 fully saturated rings. The summed E-state index contributed by atoms with van der Waals surface area (Å²) in [5, 5.41) is 8.37. The maximum absolute atomic E-state index is 11.6. The zero-order valence-electron chi connectivity index (χ0n) is 9.05. The third-order valence-corrected chi connectivity index (χ3v) is 3.86. The minimum Gasteiger partial charge on any atom is -0.341 e. The molecule has 1 aromatic carbocycles. The van der Waals surface area contributed by atoms with E-state index < -0.39 is 9.84 Å². The maximum Gasteiger partial charge on any atom is 0.158 e. The molecule has 17 heavy (non-hydrogen) atoms.